The number of carboxylic acids is 1. The molecule has 1 amide bonds. The minimum absolute atomic E-state index is 0.0141. The molecule has 1 atom stereocenters. The van der Waals surface area contributed by atoms with Crippen molar-refractivity contribution in [3.05, 3.63) is 93.3 Å². The van der Waals surface area contributed by atoms with Crippen LogP contribution in [0.3, 0.4) is 0 Å². The fourth-order valence-electron chi connectivity index (χ4n) is 3.93. The van der Waals surface area contributed by atoms with E-state index in [4.69, 9.17) is 4.74 Å². The summed E-state index contributed by atoms with van der Waals surface area (Å²) in [7, 11) is 2.93. The van der Waals surface area contributed by atoms with Crippen LogP contribution in [0.1, 0.15) is 5.56 Å². The second-order valence-corrected chi connectivity index (χ2v) is 8.06. The zero-order valence-corrected chi connectivity index (χ0v) is 19.2. The fraction of sp³-hybridized carbons (Fsp3) is 0.200. The van der Waals surface area contributed by atoms with Gasteiger partial charge in [0.1, 0.15) is 12.6 Å². The number of carbonyl (C=O) groups excluding carboxylic acids is 1. The molecule has 0 saturated carbocycles. The van der Waals surface area contributed by atoms with Crippen molar-refractivity contribution in [2.24, 2.45) is 14.1 Å². The first-order chi connectivity index (χ1) is 16.8. The molecule has 0 fully saturated rings. The van der Waals surface area contributed by atoms with Crippen molar-refractivity contribution in [2.45, 2.75) is 19.2 Å². The highest BCUT2D eigenvalue weighted by molar-refractivity contribution is 5.94. The Bertz CT molecular complexity index is 1500. The number of rotatable bonds is 7. The molecule has 180 valence electrons. The minimum atomic E-state index is -1.36. The van der Waals surface area contributed by atoms with E-state index in [1.54, 1.807) is 59.3 Å². The first kappa shape index (κ1) is 23.6. The Morgan fingerprint density at radius 3 is 2.23 bits per heavy atom. The summed E-state index contributed by atoms with van der Waals surface area (Å²) in [6, 6.07) is 16.6. The molecule has 10 nitrogen and oxygen atoms in total. The third-order valence-electron chi connectivity index (χ3n) is 5.74. The molecule has 0 radical (unpaired) electrons. The number of fused-ring (bicyclic) bond motifs is 1. The van der Waals surface area contributed by atoms with E-state index in [0.29, 0.717) is 16.8 Å². The van der Waals surface area contributed by atoms with Gasteiger partial charge in [-0.2, -0.15) is 0 Å². The van der Waals surface area contributed by atoms with Crippen LogP contribution in [-0.4, -0.2) is 36.9 Å². The molecule has 0 aliphatic heterocycles. The molecule has 2 heterocycles. The van der Waals surface area contributed by atoms with Crippen LogP contribution in [0.15, 0.2) is 76.4 Å². The molecule has 4 aromatic rings. The van der Waals surface area contributed by atoms with Crippen LogP contribution in [0, 0.1) is 0 Å². The van der Waals surface area contributed by atoms with Crippen LogP contribution >= 0.6 is 0 Å². The highest BCUT2D eigenvalue weighted by Crippen LogP contribution is 2.28. The zero-order chi connectivity index (χ0) is 25.1. The predicted molar refractivity (Wildman–Crippen MR) is 129 cm³/mol. The van der Waals surface area contributed by atoms with Gasteiger partial charge in [-0.3, -0.25) is 13.9 Å². The van der Waals surface area contributed by atoms with E-state index in [9.17, 15) is 24.3 Å². The molecule has 0 bridgehead atoms. The number of aliphatic carboxylic acids is 1. The molecule has 0 saturated heterocycles. The van der Waals surface area contributed by atoms with Crippen LogP contribution in [0.5, 0.6) is 0 Å². The van der Waals surface area contributed by atoms with Gasteiger partial charge in [0.15, 0.2) is 0 Å². The second-order valence-electron chi connectivity index (χ2n) is 8.06. The predicted octanol–water partition coefficient (Wildman–Crippen LogP) is 2.09. The lowest BCUT2D eigenvalue weighted by atomic mass is 10.1. The maximum Gasteiger partial charge on any atom is 0.408 e. The molecule has 2 N–H and O–H groups in total. The Hall–Kier alpha value is -4.60. The van der Waals surface area contributed by atoms with E-state index in [-0.39, 0.29) is 18.5 Å². The van der Waals surface area contributed by atoms with E-state index >= 15 is 0 Å². The number of carboxylic acid groups (broad SMARTS) is 1. The highest BCUT2D eigenvalue weighted by Gasteiger charge is 2.25. The molecule has 10 heteroatoms. The molecular formula is C25H24N4O6. The van der Waals surface area contributed by atoms with Crippen LogP contribution in [0.2, 0.25) is 0 Å². The van der Waals surface area contributed by atoms with Crippen molar-refractivity contribution >= 4 is 23.0 Å². The summed E-state index contributed by atoms with van der Waals surface area (Å²) < 4.78 is 9.07. The SMILES string of the molecule is Cn1c(=O)c2c(-c3ccccc3)n(CC(NC(=O)OCc3ccccc3)C(=O)O)cc2n(C)c1=O. The Balaban J connectivity index is 1.71. The Morgan fingerprint density at radius 2 is 1.60 bits per heavy atom. The van der Waals surface area contributed by atoms with Crippen molar-refractivity contribution in [3.8, 4) is 11.3 Å². The Kier molecular flexibility index (Phi) is 6.54. The first-order valence-electron chi connectivity index (χ1n) is 10.8. The number of amides is 1. The lowest BCUT2D eigenvalue weighted by Gasteiger charge is -2.17. The lowest BCUT2D eigenvalue weighted by Crippen LogP contribution is -2.43. The number of nitrogens with zero attached hydrogens (tertiary/aromatic N) is 3. The number of hydrogen-bond donors (Lipinski definition) is 2. The average molecular weight is 476 g/mol. The van der Waals surface area contributed by atoms with Gasteiger partial charge in [0.05, 0.1) is 23.1 Å². The zero-order valence-electron chi connectivity index (χ0n) is 19.2. The highest BCUT2D eigenvalue weighted by atomic mass is 16.5. The van der Waals surface area contributed by atoms with E-state index in [1.165, 1.54) is 18.7 Å². The topological polar surface area (TPSA) is 125 Å². The molecule has 4 rings (SSSR count). The smallest absolute Gasteiger partial charge is 0.408 e. The molecule has 0 spiro atoms. The monoisotopic (exact) mass is 476 g/mol. The fourth-order valence-corrected chi connectivity index (χ4v) is 3.93. The van der Waals surface area contributed by atoms with E-state index in [1.807, 2.05) is 12.1 Å². The van der Waals surface area contributed by atoms with E-state index in [0.717, 1.165) is 10.1 Å². The summed E-state index contributed by atoms with van der Waals surface area (Å²) in [5.41, 5.74) is 1.22. The van der Waals surface area contributed by atoms with Crippen molar-refractivity contribution in [1.82, 2.24) is 19.0 Å². The van der Waals surface area contributed by atoms with Crippen molar-refractivity contribution < 1.29 is 19.4 Å². The van der Waals surface area contributed by atoms with Gasteiger partial charge in [-0.1, -0.05) is 60.7 Å². The molecule has 0 aliphatic rings. The van der Waals surface area contributed by atoms with E-state index < -0.39 is 29.4 Å². The third-order valence-corrected chi connectivity index (χ3v) is 5.74. The van der Waals surface area contributed by atoms with Crippen LogP contribution in [0.25, 0.3) is 22.2 Å². The van der Waals surface area contributed by atoms with Gasteiger partial charge < -0.3 is 19.7 Å². The maximum absolute atomic E-state index is 13.1. The van der Waals surface area contributed by atoms with Crippen LogP contribution in [0.4, 0.5) is 4.79 Å². The number of aryl methyl sites for hydroxylation is 1. The Labute approximate surface area is 199 Å². The molecular weight excluding hydrogens is 452 g/mol. The van der Waals surface area contributed by atoms with Gasteiger partial charge in [-0.25, -0.2) is 14.4 Å². The maximum atomic E-state index is 13.1. The molecule has 2 aromatic heterocycles. The number of aromatic nitrogens is 3. The number of hydrogen-bond acceptors (Lipinski definition) is 5. The molecule has 1 unspecified atom stereocenters. The summed E-state index contributed by atoms with van der Waals surface area (Å²) in [5.74, 6) is -1.28. The summed E-state index contributed by atoms with van der Waals surface area (Å²) in [5, 5.41) is 12.4. The number of alkyl carbamates (subject to hydrolysis) is 1. The number of carbonyl (C=O) groups is 2. The van der Waals surface area contributed by atoms with Gasteiger partial charge >= 0.3 is 17.8 Å². The first-order valence-corrected chi connectivity index (χ1v) is 10.8. The van der Waals surface area contributed by atoms with Gasteiger partial charge in [0.25, 0.3) is 5.56 Å². The standard InChI is InChI=1S/C25H24N4O6/c1-27-19-14-29(13-18(23(31)32)26-24(33)35-15-16-9-5-3-6-10-16)21(17-11-7-4-8-12-17)20(19)22(30)28(2)25(27)34/h3-12,14,18H,13,15H2,1-2H3,(H,26,33)(H,31,32). The van der Waals surface area contributed by atoms with Gasteiger partial charge in [0.2, 0.25) is 0 Å². The number of ether oxygens (including phenoxy) is 1. The van der Waals surface area contributed by atoms with Gasteiger partial charge in [-0.05, 0) is 11.1 Å². The average Bonchev–Trinajstić information content (AvgIpc) is 3.25. The molecule has 35 heavy (non-hydrogen) atoms. The lowest BCUT2D eigenvalue weighted by molar-refractivity contribution is -0.139. The van der Waals surface area contributed by atoms with Crippen LogP contribution in [-0.2, 0) is 36.8 Å². The summed E-state index contributed by atoms with van der Waals surface area (Å²) >= 11 is 0. The molecule has 2 aromatic carbocycles. The van der Waals surface area contributed by atoms with E-state index in [2.05, 4.69) is 5.32 Å². The van der Waals surface area contributed by atoms with Crippen LogP contribution < -0.4 is 16.6 Å². The van der Waals surface area contributed by atoms with Gasteiger partial charge in [-0.15, -0.1) is 0 Å². The largest absolute Gasteiger partial charge is 0.480 e. The summed E-state index contributed by atoms with van der Waals surface area (Å²) in [6.07, 6.45) is 0.662. The molecule has 0 aliphatic carbocycles. The van der Waals surface area contributed by atoms with Crippen molar-refractivity contribution in [2.75, 3.05) is 0 Å². The normalized spacial score (nSPS) is 11.8. The second kappa shape index (κ2) is 9.72. The summed E-state index contributed by atoms with van der Waals surface area (Å²) in [4.78, 5) is 49.9. The van der Waals surface area contributed by atoms with Crippen molar-refractivity contribution in [1.29, 1.82) is 0 Å². The third kappa shape index (κ3) is 4.72. The quantitative estimate of drug-likeness (QED) is 0.421. The Morgan fingerprint density at radius 1 is 0.971 bits per heavy atom. The minimum Gasteiger partial charge on any atom is -0.480 e. The van der Waals surface area contributed by atoms with Crippen molar-refractivity contribution in [3.63, 3.8) is 0 Å². The number of benzene rings is 2. The number of nitrogens with one attached hydrogen (secondary N) is 1. The summed E-state index contributed by atoms with van der Waals surface area (Å²) in [6.45, 7) is -0.216. The van der Waals surface area contributed by atoms with Gasteiger partial charge in [0, 0.05) is 20.3 Å².